The van der Waals surface area contributed by atoms with E-state index in [1.54, 1.807) is 0 Å². The fraction of sp³-hybridized carbons (Fsp3) is 0.562. The van der Waals surface area contributed by atoms with Crippen LogP contribution in [0.3, 0.4) is 0 Å². The van der Waals surface area contributed by atoms with Crippen molar-refractivity contribution in [1.29, 1.82) is 0 Å². The average molecular weight is 245 g/mol. The van der Waals surface area contributed by atoms with Crippen molar-refractivity contribution in [1.82, 2.24) is 5.32 Å². The Kier molecular flexibility index (Phi) is 4.54. The van der Waals surface area contributed by atoms with Crippen LogP contribution in [0.5, 0.6) is 0 Å². The lowest BCUT2D eigenvalue weighted by atomic mass is 9.77. The fourth-order valence-electron chi connectivity index (χ4n) is 2.63. The Bertz CT molecular complexity index is 409. The number of nitrogens with one attached hydrogen (secondary N) is 1. The molecule has 0 saturated heterocycles. The molecule has 1 saturated carbocycles. The molecule has 0 amide bonds. The summed E-state index contributed by atoms with van der Waals surface area (Å²) in [7, 11) is 0. The summed E-state index contributed by atoms with van der Waals surface area (Å²) in [6.45, 7) is 5.06. The third-order valence-corrected chi connectivity index (χ3v) is 3.85. The van der Waals surface area contributed by atoms with Gasteiger partial charge in [-0.1, -0.05) is 37.6 Å². The van der Waals surface area contributed by atoms with Crippen LogP contribution in [-0.4, -0.2) is 18.4 Å². The van der Waals surface area contributed by atoms with E-state index in [4.69, 9.17) is 0 Å². The summed E-state index contributed by atoms with van der Waals surface area (Å²) in [5.41, 5.74) is 2.23. The van der Waals surface area contributed by atoms with Crippen LogP contribution in [0.2, 0.25) is 0 Å². The van der Waals surface area contributed by atoms with E-state index in [1.807, 2.05) is 12.1 Å². The van der Waals surface area contributed by atoms with Gasteiger partial charge in [-0.3, -0.25) is 4.79 Å². The van der Waals surface area contributed by atoms with E-state index in [1.165, 1.54) is 24.8 Å². The van der Waals surface area contributed by atoms with Crippen molar-refractivity contribution >= 4 is 5.78 Å². The number of rotatable bonds is 6. The molecule has 1 fully saturated rings. The van der Waals surface area contributed by atoms with E-state index < -0.39 is 0 Å². The van der Waals surface area contributed by atoms with Crippen LogP contribution >= 0.6 is 0 Å². The van der Waals surface area contributed by atoms with Crippen LogP contribution < -0.4 is 5.32 Å². The number of benzene rings is 1. The maximum atomic E-state index is 12.4. The summed E-state index contributed by atoms with van der Waals surface area (Å²) in [6.07, 6.45) is 4.39. The lowest BCUT2D eigenvalue weighted by Gasteiger charge is -2.27. The van der Waals surface area contributed by atoms with Crippen LogP contribution in [0.25, 0.3) is 0 Å². The first kappa shape index (κ1) is 13.3. The molecule has 0 radical (unpaired) electrons. The Labute approximate surface area is 110 Å². The maximum absolute atomic E-state index is 12.4. The standard InChI is InChI=1S/C16H23NO/c1-3-17-12(2)11-16(18)15-10-5-4-9-14(15)13-7-6-8-13/h4-5,9-10,12-13,17H,3,6-8,11H2,1-2H3. The second-order valence-electron chi connectivity index (χ2n) is 5.30. The smallest absolute Gasteiger partial charge is 0.164 e. The first-order chi connectivity index (χ1) is 8.72. The number of hydrogen-bond acceptors (Lipinski definition) is 2. The van der Waals surface area contributed by atoms with E-state index in [0.29, 0.717) is 12.3 Å². The van der Waals surface area contributed by atoms with Crippen LogP contribution in [0, 0.1) is 0 Å². The molecule has 2 rings (SSSR count). The first-order valence-corrected chi connectivity index (χ1v) is 7.08. The van der Waals surface area contributed by atoms with Gasteiger partial charge in [-0.25, -0.2) is 0 Å². The van der Waals surface area contributed by atoms with Gasteiger partial charge in [0, 0.05) is 18.0 Å². The molecular weight excluding hydrogens is 222 g/mol. The Morgan fingerprint density at radius 3 is 2.72 bits per heavy atom. The van der Waals surface area contributed by atoms with Crippen molar-refractivity contribution in [3.63, 3.8) is 0 Å². The monoisotopic (exact) mass is 245 g/mol. The highest BCUT2D eigenvalue weighted by molar-refractivity contribution is 5.98. The van der Waals surface area contributed by atoms with Gasteiger partial charge in [0.05, 0.1) is 0 Å². The number of ketones is 1. The van der Waals surface area contributed by atoms with Crippen molar-refractivity contribution in [3.05, 3.63) is 35.4 Å². The molecular formula is C16H23NO. The van der Waals surface area contributed by atoms with Gasteiger partial charge < -0.3 is 5.32 Å². The Hall–Kier alpha value is -1.15. The molecule has 1 aliphatic rings. The molecule has 0 aliphatic heterocycles. The summed E-state index contributed by atoms with van der Waals surface area (Å²) in [4.78, 5) is 12.4. The predicted octanol–water partition coefficient (Wildman–Crippen LogP) is 3.52. The molecule has 1 aliphatic carbocycles. The van der Waals surface area contributed by atoms with Crippen LogP contribution in [0.1, 0.15) is 61.4 Å². The van der Waals surface area contributed by atoms with Crippen LogP contribution in [0.4, 0.5) is 0 Å². The van der Waals surface area contributed by atoms with Gasteiger partial charge in [0.25, 0.3) is 0 Å². The predicted molar refractivity (Wildman–Crippen MR) is 75.1 cm³/mol. The lowest BCUT2D eigenvalue weighted by Crippen LogP contribution is -2.28. The van der Waals surface area contributed by atoms with Crippen LogP contribution in [0.15, 0.2) is 24.3 Å². The van der Waals surface area contributed by atoms with E-state index in [9.17, 15) is 4.79 Å². The van der Waals surface area contributed by atoms with Crippen molar-refractivity contribution in [2.24, 2.45) is 0 Å². The number of carbonyl (C=O) groups excluding carboxylic acids is 1. The summed E-state index contributed by atoms with van der Waals surface area (Å²) < 4.78 is 0. The average Bonchev–Trinajstić information content (AvgIpc) is 2.27. The lowest BCUT2D eigenvalue weighted by molar-refractivity contribution is 0.0970. The maximum Gasteiger partial charge on any atom is 0.164 e. The van der Waals surface area contributed by atoms with Gasteiger partial charge in [0.15, 0.2) is 5.78 Å². The highest BCUT2D eigenvalue weighted by Gasteiger charge is 2.24. The first-order valence-electron chi connectivity index (χ1n) is 7.08. The number of carbonyl (C=O) groups is 1. The molecule has 1 atom stereocenters. The molecule has 0 spiro atoms. The zero-order valence-electron chi connectivity index (χ0n) is 11.4. The van der Waals surface area contributed by atoms with E-state index in [-0.39, 0.29) is 11.8 Å². The molecule has 98 valence electrons. The molecule has 1 aromatic rings. The third-order valence-electron chi connectivity index (χ3n) is 3.85. The summed E-state index contributed by atoms with van der Waals surface area (Å²) in [5, 5.41) is 3.30. The van der Waals surface area contributed by atoms with E-state index >= 15 is 0 Å². The molecule has 2 heteroatoms. The highest BCUT2D eigenvalue weighted by atomic mass is 16.1. The molecule has 1 unspecified atom stereocenters. The highest BCUT2D eigenvalue weighted by Crippen LogP contribution is 2.38. The largest absolute Gasteiger partial charge is 0.314 e. The fourth-order valence-corrected chi connectivity index (χ4v) is 2.63. The molecule has 18 heavy (non-hydrogen) atoms. The molecule has 1 aromatic carbocycles. The second kappa shape index (κ2) is 6.14. The Morgan fingerprint density at radius 2 is 2.11 bits per heavy atom. The zero-order valence-corrected chi connectivity index (χ0v) is 11.4. The summed E-state index contributed by atoms with van der Waals surface area (Å²) >= 11 is 0. The topological polar surface area (TPSA) is 29.1 Å². The molecule has 2 nitrogen and oxygen atoms in total. The third kappa shape index (κ3) is 2.99. The zero-order chi connectivity index (χ0) is 13.0. The van der Waals surface area contributed by atoms with Gasteiger partial charge in [0.2, 0.25) is 0 Å². The Balaban J connectivity index is 2.09. The van der Waals surface area contributed by atoms with Crippen molar-refractivity contribution in [2.75, 3.05) is 6.54 Å². The molecule has 0 bridgehead atoms. The van der Waals surface area contributed by atoms with E-state index in [0.717, 1.165) is 12.1 Å². The quantitative estimate of drug-likeness (QED) is 0.777. The van der Waals surface area contributed by atoms with Gasteiger partial charge in [0.1, 0.15) is 0 Å². The van der Waals surface area contributed by atoms with Crippen molar-refractivity contribution in [3.8, 4) is 0 Å². The molecule has 0 heterocycles. The van der Waals surface area contributed by atoms with E-state index in [2.05, 4.69) is 31.3 Å². The van der Waals surface area contributed by atoms with Crippen LogP contribution in [-0.2, 0) is 0 Å². The minimum atomic E-state index is 0.261. The Morgan fingerprint density at radius 1 is 1.39 bits per heavy atom. The molecule has 0 aromatic heterocycles. The number of hydrogen-bond donors (Lipinski definition) is 1. The van der Waals surface area contributed by atoms with Crippen molar-refractivity contribution in [2.45, 2.75) is 51.5 Å². The normalized spacial score (nSPS) is 17.2. The van der Waals surface area contributed by atoms with Gasteiger partial charge >= 0.3 is 0 Å². The second-order valence-corrected chi connectivity index (χ2v) is 5.30. The van der Waals surface area contributed by atoms with Gasteiger partial charge in [-0.05, 0) is 37.8 Å². The van der Waals surface area contributed by atoms with Crippen molar-refractivity contribution < 1.29 is 4.79 Å². The van der Waals surface area contributed by atoms with Gasteiger partial charge in [-0.15, -0.1) is 0 Å². The SMILES string of the molecule is CCNC(C)CC(=O)c1ccccc1C1CCC1. The minimum Gasteiger partial charge on any atom is -0.314 e. The summed E-state index contributed by atoms with van der Waals surface area (Å²) in [6, 6.07) is 8.42. The summed E-state index contributed by atoms with van der Waals surface area (Å²) in [5.74, 6) is 0.908. The van der Waals surface area contributed by atoms with Gasteiger partial charge in [-0.2, -0.15) is 0 Å². The molecule has 1 N–H and O–H groups in total. The minimum absolute atomic E-state index is 0.261. The number of Topliss-reactive ketones (excluding diaryl/α,β-unsaturated/α-hetero) is 1.